The predicted molar refractivity (Wildman–Crippen MR) is 77.7 cm³/mol. The number of nitrogens with one attached hydrogen (secondary N) is 1. The van der Waals surface area contributed by atoms with Crippen LogP contribution >= 0.6 is 0 Å². The summed E-state index contributed by atoms with van der Waals surface area (Å²) >= 11 is 0. The van der Waals surface area contributed by atoms with Crippen LogP contribution in [0.4, 0.5) is 0 Å². The van der Waals surface area contributed by atoms with Crippen LogP contribution in [-0.2, 0) is 6.54 Å². The summed E-state index contributed by atoms with van der Waals surface area (Å²) in [6.07, 6.45) is 4.16. The second kappa shape index (κ2) is 5.85. The fourth-order valence-electron chi connectivity index (χ4n) is 3.19. The van der Waals surface area contributed by atoms with Gasteiger partial charge in [0.2, 0.25) is 0 Å². The number of hydrogen-bond acceptors (Lipinski definition) is 2. The summed E-state index contributed by atoms with van der Waals surface area (Å²) in [4.78, 5) is 2.48. The van der Waals surface area contributed by atoms with Gasteiger partial charge in [0.15, 0.2) is 0 Å². The Hall–Kier alpha value is -0.860. The first kappa shape index (κ1) is 13.6. The van der Waals surface area contributed by atoms with Gasteiger partial charge in [-0.15, -0.1) is 0 Å². The number of benzene rings is 1. The third-order valence-corrected chi connectivity index (χ3v) is 4.11. The van der Waals surface area contributed by atoms with Gasteiger partial charge < -0.3 is 10.2 Å². The molecule has 0 spiro atoms. The minimum absolute atomic E-state index is 0.535. The number of aryl methyl sites for hydroxylation is 1. The molecule has 1 saturated carbocycles. The summed E-state index contributed by atoms with van der Waals surface area (Å²) < 4.78 is 0. The lowest BCUT2D eigenvalue weighted by atomic mass is 9.68. The maximum absolute atomic E-state index is 3.36. The second-order valence-corrected chi connectivity index (χ2v) is 6.05. The highest BCUT2D eigenvalue weighted by atomic mass is 15.1. The largest absolute Gasteiger partial charge is 0.319 e. The molecule has 1 aromatic rings. The quantitative estimate of drug-likeness (QED) is 0.830. The summed E-state index contributed by atoms with van der Waals surface area (Å²) in [5, 5.41) is 3.36. The minimum atomic E-state index is 0.535. The van der Waals surface area contributed by atoms with Gasteiger partial charge in [-0.25, -0.2) is 0 Å². The van der Waals surface area contributed by atoms with Gasteiger partial charge in [-0.1, -0.05) is 36.2 Å². The Morgan fingerprint density at radius 1 is 1.33 bits per heavy atom. The van der Waals surface area contributed by atoms with Crippen molar-refractivity contribution in [3.8, 4) is 0 Å². The molecule has 1 N–H and O–H groups in total. The van der Waals surface area contributed by atoms with Gasteiger partial charge in [0.25, 0.3) is 0 Å². The lowest BCUT2D eigenvalue weighted by Gasteiger charge is -2.44. The Balaban J connectivity index is 1.90. The van der Waals surface area contributed by atoms with E-state index in [-0.39, 0.29) is 0 Å². The zero-order chi connectivity index (χ0) is 13.0. The molecule has 0 radical (unpaired) electrons. The van der Waals surface area contributed by atoms with Crippen molar-refractivity contribution in [2.45, 2.75) is 32.7 Å². The zero-order valence-corrected chi connectivity index (χ0v) is 12.0. The molecule has 1 aromatic carbocycles. The molecule has 0 unspecified atom stereocenters. The summed E-state index contributed by atoms with van der Waals surface area (Å²) in [6, 6.07) is 8.85. The normalized spacial score (nSPS) is 17.8. The van der Waals surface area contributed by atoms with Gasteiger partial charge in [-0.3, -0.25) is 0 Å². The van der Waals surface area contributed by atoms with Crippen LogP contribution < -0.4 is 5.32 Å². The van der Waals surface area contributed by atoms with E-state index in [4.69, 9.17) is 0 Å². The van der Waals surface area contributed by atoms with E-state index >= 15 is 0 Å². The van der Waals surface area contributed by atoms with Crippen LogP contribution in [0.15, 0.2) is 24.3 Å². The highest BCUT2D eigenvalue weighted by Crippen LogP contribution is 2.40. The molecule has 2 nitrogen and oxygen atoms in total. The SMILES string of the molecule is CNCC1(CN(C)Cc2cccc(C)c2)CCC1. The van der Waals surface area contributed by atoms with Crippen LogP contribution in [0.5, 0.6) is 0 Å². The number of nitrogens with zero attached hydrogens (tertiary/aromatic N) is 1. The highest BCUT2D eigenvalue weighted by Gasteiger charge is 2.36. The van der Waals surface area contributed by atoms with Gasteiger partial charge in [-0.05, 0) is 44.8 Å². The second-order valence-electron chi connectivity index (χ2n) is 6.05. The zero-order valence-electron chi connectivity index (χ0n) is 12.0. The molecular weight excluding hydrogens is 220 g/mol. The van der Waals surface area contributed by atoms with Crippen molar-refractivity contribution in [1.29, 1.82) is 0 Å². The van der Waals surface area contributed by atoms with Gasteiger partial charge in [0.1, 0.15) is 0 Å². The third-order valence-electron chi connectivity index (χ3n) is 4.11. The van der Waals surface area contributed by atoms with Gasteiger partial charge in [-0.2, -0.15) is 0 Å². The van der Waals surface area contributed by atoms with Crippen molar-refractivity contribution in [3.63, 3.8) is 0 Å². The van der Waals surface area contributed by atoms with Crippen LogP contribution in [0, 0.1) is 12.3 Å². The molecule has 1 aliphatic rings. The monoisotopic (exact) mass is 246 g/mol. The van der Waals surface area contributed by atoms with Crippen molar-refractivity contribution >= 4 is 0 Å². The smallest absolute Gasteiger partial charge is 0.0231 e. The fourth-order valence-corrected chi connectivity index (χ4v) is 3.19. The maximum Gasteiger partial charge on any atom is 0.0231 e. The summed E-state index contributed by atoms with van der Waals surface area (Å²) in [5.74, 6) is 0. The topological polar surface area (TPSA) is 15.3 Å². The molecule has 0 aromatic heterocycles. The lowest BCUT2D eigenvalue weighted by Crippen LogP contribution is -2.46. The van der Waals surface area contributed by atoms with Gasteiger partial charge in [0, 0.05) is 19.6 Å². The van der Waals surface area contributed by atoms with E-state index in [1.165, 1.54) is 36.9 Å². The van der Waals surface area contributed by atoms with E-state index < -0.39 is 0 Å². The van der Waals surface area contributed by atoms with Gasteiger partial charge >= 0.3 is 0 Å². The standard InChI is InChI=1S/C16H26N2/c1-14-6-4-7-15(10-14)11-18(3)13-16(12-17-2)8-5-9-16/h4,6-7,10,17H,5,8-9,11-13H2,1-3H3. The van der Waals surface area contributed by atoms with E-state index in [9.17, 15) is 0 Å². The molecule has 1 aliphatic carbocycles. The Labute approximate surface area is 111 Å². The van der Waals surface area contributed by atoms with Crippen LogP contribution in [0.2, 0.25) is 0 Å². The molecule has 2 heteroatoms. The van der Waals surface area contributed by atoms with E-state index in [2.05, 4.69) is 55.5 Å². The Bertz CT molecular complexity index is 382. The Morgan fingerprint density at radius 3 is 2.67 bits per heavy atom. The molecule has 18 heavy (non-hydrogen) atoms. The molecule has 100 valence electrons. The van der Waals surface area contributed by atoms with Gasteiger partial charge in [0.05, 0.1) is 0 Å². The Morgan fingerprint density at radius 2 is 2.11 bits per heavy atom. The van der Waals surface area contributed by atoms with Crippen LogP contribution in [0.25, 0.3) is 0 Å². The predicted octanol–water partition coefficient (Wildman–Crippen LogP) is 2.82. The molecular formula is C16H26N2. The molecule has 2 rings (SSSR count). The molecule has 0 aliphatic heterocycles. The highest BCUT2D eigenvalue weighted by molar-refractivity contribution is 5.22. The summed E-state index contributed by atoms with van der Waals surface area (Å²) in [6.45, 7) is 5.60. The molecule has 1 fully saturated rings. The van der Waals surface area contributed by atoms with Crippen molar-refractivity contribution < 1.29 is 0 Å². The first-order valence-electron chi connectivity index (χ1n) is 7.02. The van der Waals surface area contributed by atoms with Crippen molar-refractivity contribution in [2.24, 2.45) is 5.41 Å². The van der Waals surface area contributed by atoms with E-state index in [1.54, 1.807) is 0 Å². The first-order valence-corrected chi connectivity index (χ1v) is 7.02. The number of hydrogen-bond donors (Lipinski definition) is 1. The van der Waals surface area contributed by atoms with E-state index in [1.807, 2.05) is 0 Å². The fraction of sp³-hybridized carbons (Fsp3) is 0.625. The van der Waals surface area contributed by atoms with Crippen LogP contribution in [0.1, 0.15) is 30.4 Å². The Kier molecular flexibility index (Phi) is 4.41. The van der Waals surface area contributed by atoms with Crippen LogP contribution in [0.3, 0.4) is 0 Å². The number of rotatable bonds is 6. The molecule has 0 heterocycles. The third kappa shape index (κ3) is 3.33. The molecule has 0 bridgehead atoms. The van der Waals surface area contributed by atoms with Crippen LogP contribution in [-0.4, -0.2) is 32.1 Å². The lowest BCUT2D eigenvalue weighted by molar-refractivity contribution is 0.0768. The molecule has 0 atom stereocenters. The van der Waals surface area contributed by atoms with E-state index in [0.29, 0.717) is 5.41 Å². The van der Waals surface area contributed by atoms with E-state index in [0.717, 1.165) is 13.1 Å². The minimum Gasteiger partial charge on any atom is -0.319 e. The van der Waals surface area contributed by atoms with Crippen molar-refractivity contribution in [1.82, 2.24) is 10.2 Å². The van der Waals surface area contributed by atoms with Crippen molar-refractivity contribution in [2.75, 3.05) is 27.2 Å². The average Bonchev–Trinajstić information content (AvgIpc) is 2.26. The molecule has 0 amide bonds. The maximum atomic E-state index is 3.36. The summed E-state index contributed by atoms with van der Waals surface area (Å²) in [7, 11) is 4.32. The molecule has 0 saturated heterocycles. The summed E-state index contributed by atoms with van der Waals surface area (Å²) in [5.41, 5.74) is 3.32. The average molecular weight is 246 g/mol. The first-order chi connectivity index (χ1) is 8.63. The van der Waals surface area contributed by atoms with Crippen molar-refractivity contribution in [3.05, 3.63) is 35.4 Å².